The Labute approximate surface area is 134 Å². The molecule has 23 heavy (non-hydrogen) atoms. The summed E-state index contributed by atoms with van der Waals surface area (Å²) in [6, 6.07) is 15.3. The van der Waals surface area contributed by atoms with Crippen LogP contribution in [0.15, 0.2) is 60.9 Å². The van der Waals surface area contributed by atoms with Gasteiger partial charge in [-0.3, -0.25) is 9.59 Å². The number of hydrogen-bond donors (Lipinski definition) is 0. The zero-order valence-electron chi connectivity index (χ0n) is 12.9. The number of carbonyl (C=O) groups excluding carboxylic acids is 2. The zero-order chi connectivity index (χ0) is 16.2. The second-order valence-corrected chi connectivity index (χ2v) is 5.27. The van der Waals surface area contributed by atoms with E-state index in [4.69, 9.17) is 4.74 Å². The first-order chi connectivity index (χ1) is 11.2. The molecule has 3 aromatic rings. The molecule has 4 heteroatoms. The maximum atomic E-state index is 12.6. The minimum Gasteiger partial charge on any atom is -0.465 e. The minimum absolute atomic E-state index is 0.0571. The van der Waals surface area contributed by atoms with E-state index in [0.717, 1.165) is 10.8 Å². The molecule has 0 saturated heterocycles. The molecular weight excluding hydrogens is 290 g/mol. The quantitative estimate of drug-likeness (QED) is 0.536. The van der Waals surface area contributed by atoms with Gasteiger partial charge in [-0.15, -0.1) is 0 Å². The largest absolute Gasteiger partial charge is 0.465 e. The van der Waals surface area contributed by atoms with Gasteiger partial charge in [0.05, 0.1) is 6.61 Å². The number of ether oxygens (including phenoxy) is 1. The molecule has 2 aromatic carbocycles. The van der Waals surface area contributed by atoms with Crippen molar-refractivity contribution in [2.45, 2.75) is 13.5 Å². The summed E-state index contributed by atoms with van der Waals surface area (Å²) in [4.78, 5) is 24.1. The number of benzene rings is 2. The van der Waals surface area contributed by atoms with Crippen molar-refractivity contribution >= 4 is 22.5 Å². The highest BCUT2D eigenvalue weighted by Crippen LogP contribution is 2.18. The van der Waals surface area contributed by atoms with Crippen LogP contribution in [0.25, 0.3) is 10.8 Å². The molecule has 0 N–H and O–H groups in total. The smallest absolute Gasteiger partial charge is 0.325 e. The topological polar surface area (TPSA) is 48.3 Å². The molecule has 0 saturated carbocycles. The van der Waals surface area contributed by atoms with E-state index < -0.39 is 0 Å². The molecule has 0 bridgehead atoms. The van der Waals surface area contributed by atoms with Crippen LogP contribution in [0, 0.1) is 0 Å². The minimum atomic E-state index is -0.312. The highest BCUT2D eigenvalue weighted by Gasteiger charge is 2.12. The molecule has 0 fully saturated rings. The maximum Gasteiger partial charge on any atom is 0.325 e. The predicted molar refractivity (Wildman–Crippen MR) is 88.4 cm³/mol. The van der Waals surface area contributed by atoms with Crippen molar-refractivity contribution in [1.29, 1.82) is 0 Å². The number of ketones is 1. The molecule has 1 aromatic heterocycles. The van der Waals surface area contributed by atoms with E-state index in [1.165, 1.54) is 0 Å². The first-order valence-corrected chi connectivity index (χ1v) is 7.52. The number of aromatic nitrogens is 1. The van der Waals surface area contributed by atoms with E-state index in [1.54, 1.807) is 30.0 Å². The third-order valence-corrected chi connectivity index (χ3v) is 3.64. The second-order valence-electron chi connectivity index (χ2n) is 5.27. The van der Waals surface area contributed by atoms with Crippen LogP contribution in [0.4, 0.5) is 0 Å². The average molecular weight is 307 g/mol. The van der Waals surface area contributed by atoms with Gasteiger partial charge >= 0.3 is 5.97 Å². The van der Waals surface area contributed by atoms with Gasteiger partial charge in [0, 0.05) is 23.5 Å². The lowest BCUT2D eigenvalue weighted by Gasteiger charge is -2.03. The van der Waals surface area contributed by atoms with Crippen molar-refractivity contribution in [2.75, 3.05) is 6.61 Å². The summed E-state index contributed by atoms with van der Waals surface area (Å²) in [5, 5.41) is 2.13. The monoisotopic (exact) mass is 307 g/mol. The number of esters is 1. The summed E-state index contributed by atoms with van der Waals surface area (Å²) in [6.45, 7) is 2.23. The Morgan fingerprint density at radius 3 is 2.57 bits per heavy atom. The van der Waals surface area contributed by atoms with Crippen molar-refractivity contribution in [1.82, 2.24) is 4.57 Å². The zero-order valence-corrected chi connectivity index (χ0v) is 12.9. The third-order valence-electron chi connectivity index (χ3n) is 3.64. The lowest BCUT2D eigenvalue weighted by atomic mass is 10.0. The average Bonchev–Trinajstić information content (AvgIpc) is 3.02. The summed E-state index contributed by atoms with van der Waals surface area (Å²) in [5.74, 6) is -0.369. The first kappa shape index (κ1) is 15.0. The Kier molecular flexibility index (Phi) is 4.24. The molecule has 0 spiro atoms. The maximum absolute atomic E-state index is 12.6. The van der Waals surface area contributed by atoms with Crippen molar-refractivity contribution < 1.29 is 14.3 Å². The SMILES string of the molecule is CCOC(=O)Cn1ccc(C(=O)c2ccc3ccccc3c2)c1. The summed E-state index contributed by atoms with van der Waals surface area (Å²) >= 11 is 0. The predicted octanol–water partition coefficient (Wildman–Crippen LogP) is 3.44. The number of rotatable bonds is 5. The molecule has 0 amide bonds. The van der Waals surface area contributed by atoms with Crippen LogP contribution >= 0.6 is 0 Å². The van der Waals surface area contributed by atoms with Gasteiger partial charge in [0.2, 0.25) is 0 Å². The van der Waals surface area contributed by atoms with Crippen LogP contribution in [0.2, 0.25) is 0 Å². The molecule has 0 aliphatic rings. The van der Waals surface area contributed by atoms with Crippen LogP contribution in [-0.4, -0.2) is 22.9 Å². The van der Waals surface area contributed by atoms with Gasteiger partial charge in [-0.1, -0.05) is 36.4 Å². The van der Waals surface area contributed by atoms with Gasteiger partial charge in [0.25, 0.3) is 0 Å². The molecule has 0 aliphatic heterocycles. The number of hydrogen-bond acceptors (Lipinski definition) is 3. The molecule has 4 nitrogen and oxygen atoms in total. The molecule has 0 unspecified atom stereocenters. The lowest BCUT2D eigenvalue weighted by Crippen LogP contribution is -2.12. The number of nitrogens with zero attached hydrogens (tertiary/aromatic N) is 1. The summed E-state index contributed by atoms with van der Waals surface area (Å²) in [5.41, 5.74) is 1.20. The molecule has 116 valence electrons. The Balaban J connectivity index is 1.82. The summed E-state index contributed by atoms with van der Waals surface area (Å²) in [7, 11) is 0. The Morgan fingerprint density at radius 1 is 1.00 bits per heavy atom. The van der Waals surface area contributed by atoms with Gasteiger partial charge in [-0.25, -0.2) is 0 Å². The van der Waals surface area contributed by atoms with Gasteiger partial charge in [-0.2, -0.15) is 0 Å². The summed E-state index contributed by atoms with van der Waals surface area (Å²) in [6.07, 6.45) is 3.39. The standard InChI is InChI=1S/C19H17NO3/c1-2-23-18(21)13-20-10-9-17(12-20)19(22)16-8-7-14-5-3-4-6-15(14)11-16/h3-12H,2,13H2,1H3. The van der Waals surface area contributed by atoms with Gasteiger partial charge in [0.15, 0.2) is 5.78 Å². The van der Waals surface area contributed by atoms with Gasteiger partial charge in [-0.05, 0) is 29.8 Å². The fraction of sp³-hybridized carbons (Fsp3) is 0.158. The normalized spacial score (nSPS) is 10.7. The van der Waals surface area contributed by atoms with E-state index in [2.05, 4.69) is 0 Å². The van der Waals surface area contributed by atoms with Crippen molar-refractivity contribution in [3.05, 3.63) is 72.1 Å². The van der Waals surface area contributed by atoms with E-state index in [0.29, 0.717) is 17.7 Å². The summed E-state index contributed by atoms with van der Waals surface area (Å²) < 4.78 is 6.56. The van der Waals surface area contributed by atoms with E-state index in [-0.39, 0.29) is 18.3 Å². The Morgan fingerprint density at radius 2 is 1.78 bits per heavy atom. The van der Waals surface area contributed by atoms with Crippen LogP contribution < -0.4 is 0 Å². The first-order valence-electron chi connectivity index (χ1n) is 7.52. The fourth-order valence-corrected chi connectivity index (χ4v) is 2.53. The molecule has 0 aliphatic carbocycles. The number of carbonyl (C=O) groups is 2. The molecule has 1 heterocycles. The molecule has 0 atom stereocenters. The molecular formula is C19H17NO3. The van der Waals surface area contributed by atoms with Gasteiger partial charge < -0.3 is 9.30 Å². The van der Waals surface area contributed by atoms with Crippen LogP contribution in [0.5, 0.6) is 0 Å². The fourth-order valence-electron chi connectivity index (χ4n) is 2.53. The Hall–Kier alpha value is -2.88. The number of fused-ring (bicyclic) bond motifs is 1. The lowest BCUT2D eigenvalue weighted by molar-refractivity contribution is -0.143. The van der Waals surface area contributed by atoms with Crippen LogP contribution in [0.3, 0.4) is 0 Å². The van der Waals surface area contributed by atoms with Crippen LogP contribution in [0.1, 0.15) is 22.8 Å². The van der Waals surface area contributed by atoms with Crippen molar-refractivity contribution in [3.63, 3.8) is 0 Å². The van der Waals surface area contributed by atoms with Crippen molar-refractivity contribution in [2.24, 2.45) is 0 Å². The Bertz CT molecular complexity index is 864. The second kappa shape index (κ2) is 6.48. The highest BCUT2D eigenvalue weighted by molar-refractivity contribution is 6.10. The highest BCUT2D eigenvalue weighted by atomic mass is 16.5. The van der Waals surface area contributed by atoms with E-state index in [1.807, 2.05) is 42.5 Å². The van der Waals surface area contributed by atoms with Crippen LogP contribution in [-0.2, 0) is 16.1 Å². The van der Waals surface area contributed by atoms with Gasteiger partial charge in [0.1, 0.15) is 6.54 Å². The molecule has 0 radical (unpaired) electrons. The van der Waals surface area contributed by atoms with E-state index in [9.17, 15) is 9.59 Å². The molecule has 3 rings (SSSR count). The third kappa shape index (κ3) is 3.31. The van der Waals surface area contributed by atoms with Crippen molar-refractivity contribution in [3.8, 4) is 0 Å². The van der Waals surface area contributed by atoms with E-state index >= 15 is 0 Å².